The summed E-state index contributed by atoms with van der Waals surface area (Å²) in [5, 5.41) is 13.7. The maximum absolute atomic E-state index is 12.3. The van der Waals surface area contributed by atoms with Crippen molar-refractivity contribution >= 4 is 11.6 Å². The van der Waals surface area contributed by atoms with Crippen LogP contribution in [-0.2, 0) is 11.2 Å². The van der Waals surface area contributed by atoms with Crippen LogP contribution in [0.1, 0.15) is 43.4 Å². The van der Waals surface area contributed by atoms with Crippen LogP contribution < -0.4 is 10.1 Å². The van der Waals surface area contributed by atoms with Crippen LogP contribution in [0.4, 0.5) is 5.69 Å². The molecule has 0 radical (unpaired) electrons. The zero-order chi connectivity index (χ0) is 18.9. The number of hydrogen-bond donors (Lipinski definition) is 1. The van der Waals surface area contributed by atoms with Gasteiger partial charge in [0.05, 0.1) is 11.0 Å². The quantitative estimate of drug-likeness (QED) is 0.649. The van der Waals surface area contributed by atoms with Gasteiger partial charge in [-0.1, -0.05) is 13.8 Å². The van der Waals surface area contributed by atoms with Gasteiger partial charge in [0.2, 0.25) is 0 Å². The lowest BCUT2D eigenvalue weighted by molar-refractivity contribution is -0.384. The number of fused-ring (bicyclic) bond motifs is 1. The predicted octanol–water partition coefficient (Wildman–Crippen LogP) is 3.70. The van der Waals surface area contributed by atoms with Gasteiger partial charge in [-0.05, 0) is 37.0 Å². The first-order chi connectivity index (χ1) is 12.2. The number of aryl methyl sites for hydroxylation is 1. The predicted molar refractivity (Wildman–Crippen MR) is 95.0 cm³/mol. The number of rotatable bonds is 5. The van der Waals surface area contributed by atoms with E-state index >= 15 is 0 Å². The Hall–Kier alpha value is -2.83. The van der Waals surface area contributed by atoms with Crippen molar-refractivity contribution in [3.05, 3.63) is 57.5 Å². The first-order valence-electron chi connectivity index (χ1n) is 8.49. The number of benzene rings is 1. The van der Waals surface area contributed by atoms with Crippen molar-refractivity contribution in [1.29, 1.82) is 0 Å². The Bertz CT molecular complexity index is 823. The third-order valence-electron chi connectivity index (χ3n) is 4.49. The first-order valence-corrected chi connectivity index (χ1v) is 8.49. The van der Waals surface area contributed by atoms with Gasteiger partial charge in [0.15, 0.2) is 6.61 Å². The fraction of sp³-hybridized carbons (Fsp3) is 0.421. The summed E-state index contributed by atoms with van der Waals surface area (Å²) < 4.78 is 11.2. The number of nitrogens with one attached hydrogen (secondary N) is 1. The minimum atomic E-state index is -0.480. The Balaban J connectivity index is 1.62. The summed E-state index contributed by atoms with van der Waals surface area (Å²) in [6, 6.07) is 7.51. The van der Waals surface area contributed by atoms with E-state index in [0.29, 0.717) is 5.75 Å². The molecule has 0 saturated heterocycles. The summed E-state index contributed by atoms with van der Waals surface area (Å²) in [6.07, 6.45) is 1.67. The zero-order valence-electron chi connectivity index (χ0n) is 15.1. The molecule has 1 aliphatic carbocycles. The number of carbonyl (C=O) groups excluding carboxylic acids is 1. The van der Waals surface area contributed by atoms with E-state index in [4.69, 9.17) is 9.15 Å². The number of nitrogens with zero attached hydrogens (tertiary/aromatic N) is 1. The maximum Gasteiger partial charge on any atom is 0.269 e. The van der Waals surface area contributed by atoms with Crippen LogP contribution >= 0.6 is 0 Å². The van der Waals surface area contributed by atoms with Gasteiger partial charge in [0, 0.05) is 24.1 Å². The highest BCUT2D eigenvalue weighted by Gasteiger charge is 2.35. The Morgan fingerprint density at radius 3 is 2.73 bits per heavy atom. The average Bonchev–Trinajstić information content (AvgIpc) is 2.92. The van der Waals surface area contributed by atoms with E-state index in [9.17, 15) is 14.9 Å². The van der Waals surface area contributed by atoms with Gasteiger partial charge < -0.3 is 14.5 Å². The van der Waals surface area contributed by atoms with Crippen LogP contribution in [0.3, 0.4) is 0 Å². The van der Waals surface area contributed by atoms with Crippen molar-refractivity contribution in [3.63, 3.8) is 0 Å². The molecule has 1 atom stereocenters. The van der Waals surface area contributed by atoms with Gasteiger partial charge in [0.1, 0.15) is 17.3 Å². The molecule has 3 rings (SSSR count). The van der Waals surface area contributed by atoms with E-state index in [1.54, 1.807) is 0 Å². The second-order valence-electron chi connectivity index (χ2n) is 7.44. The van der Waals surface area contributed by atoms with Gasteiger partial charge in [-0.3, -0.25) is 14.9 Å². The maximum atomic E-state index is 12.3. The average molecular weight is 358 g/mol. The fourth-order valence-electron chi connectivity index (χ4n) is 3.36. The number of hydrogen-bond acceptors (Lipinski definition) is 5. The van der Waals surface area contributed by atoms with Crippen LogP contribution in [0.5, 0.6) is 5.75 Å². The van der Waals surface area contributed by atoms with Gasteiger partial charge >= 0.3 is 0 Å². The highest BCUT2D eigenvalue weighted by atomic mass is 16.6. The molecule has 1 aromatic carbocycles. The molecular formula is C19H22N2O5. The second kappa shape index (κ2) is 6.82. The number of carbonyl (C=O) groups is 1. The van der Waals surface area contributed by atoms with E-state index < -0.39 is 4.92 Å². The summed E-state index contributed by atoms with van der Waals surface area (Å²) in [5.41, 5.74) is 1.05. The molecule has 1 amide bonds. The molecule has 0 saturated carbocycles. The van der Waals surface area contributed by atoms with Gasteiger partial charge in [0.25, 0.3) is 11.6 Å². The van der Waals surface area contributed by atoms with Gasteiger partial charge in [-0.15, -0.1) is 0 Å². The van der Waals surface area contributed by atoms with Crippen LogP contribution in [0.15, 0.2) is 34.7 Å². The molecule has 1 N–H and O–H groups in total. The molecule has 7 nitrogen and oxygen atoms in total. The monoisotopic (exact) mass is 358 g/mol. The largest absolute Gasteiger partial charge is 0.484 e. The molecule has 26 heavy (non-hydrogen) atoms. The lowest BCUT2D eigenvalue weighted by atomic mass is 9.74. The van der Waals surface area contributed by atoms with E-state index in [2.05, 4.69) is 19.2 Å². The molecule has 2 aromatic rings. The summed E-state index contributed by atoms with van der Waals surface area (Å²) in [5.74, 6) is 1.94. The molecule has 1 aliphatic rings. The molecule has 0 bridgehead atoms. The van der Waals surface area contributed by atoms with Crippen molar-refractivity contribution in [2.24, 2.45) is 5.41 Å². The minimum Gasteiger partial charge on any atom is -0.484 e. The van der Waals surface area contributed by atoms with E-state index in [1.165, 1.54) is 24.3 Å². The molecule has 1 aromatic heterocycles. The highest BCUT2D eigenvalue weighted by molar-refractivity contribution is 5.78. The summed E-state index contributed by atoms with van der Waals surface area (Å²) in [6.45, 7) is 6.06. The van der Waals surface area contributed by atoms with Crippen molar-refractivity contribution in [3.8, 4) is 5.75 Å². The number of nitro groups is 1. The normalized spacial score (nSPS) is 18.0. The SMILES string of the molecule is Cc1cc2c(o1)CC(C)(C)CC2NC(=O)COc1ccc([N+](=O)[O-])cc1. The Labute approximate surface area is 151 Å². The molecular weight excluding hydrogens is 336 g/mol. The molecule has 7 heteroatoms. The molecule has 1 heterocycles. The summed E-state index contributed by atoms with van der Waals surface area (Å²) in [4.78, 5) is 22.5. The lowest BCUT2D eigenvalue weighted by Crippen LogP contribution is -2.38. The third kappa shape index (κ3) is 4.04. The van der Waals surface area contributed by atoms with E-state index in [0.717, 1.165) is 29.9 Å². The minimum absolute atomic E-state index is 0.0194. The highest BCUT2D eigenvalue weighted by Crippen LogP contribution is 2.41. The standard InChI is InChI=1S/C19H22N2O5/c1-12-8-15-16(9-19(2,3)10-17(15)26-12)20-18(22)11-25-14-6-4-13(5-7-14)21(23)24/h4-8,16H,9-11H2,1-3H3,(H,20,22). The van der Waals surface area contributed by atoms with Crippen molar-refractivity contribution < 1.29 is 18.9 Å². The number of furan rings is 1. The Morgan fingerprint density at radius 2 is 2.08 bits per heavy atom. The summed E-state index contributed by atoms with van der Waals surface area (Å²) >= 11 is 0. The number of nitro benzene ring substituents is 1. The lowest BCUT2D eigenvalue weighted by Gasteiger charge is -2.34. The Kier molecular flexibility index (Phi) is 4.71. The summed E-state index contributed by atoms with van der Waals surface area (Å²) in [7, 11) is 0. The van der Waals surface area contributed by atoms with E-state index in [-0.39, 0.29) is 29.7 Å². The van der Waals surface area contributed by atoms with Crippen LogP contribution in [0, 0.1) is 22.5 Å². The first kappa shape index (κ1) is 18.0. The number of amides is 1. The van der Waals surface area contributed by atoms with Gasteiger partial charge in [-0.2, -0.15) is 0 Å². The van der Waals surface area contributed by atoms with Crippen LogP contribution in [0.2, 0.25) is 0 Å². The van der Waals surface area contributed by atoms with Crippen molar-refractivity contribution in [1.82, 2.24) is 5.32 Å². The molecule has 0 spiro atoms. The fourth-order valence-corrected chi connectivity index (χ4v) is 3.36. The number of non-ortho nitro benzene ring substituents is 1. The zero-order valence-corrected chi connectivity index (χ0v) is 15.1. The van der Waals surface area contributed by atoms with Crippen LogP contribution in [0.25, 0.3) is 0 Å². The Morgan fingerprint density at radius 1 is 1.38 bits per heavy atom. The van der Waals surface area contributed by atoms with Crippen molar-refractivity contribution in [2.75, 3.05) is 6.61 Å². The number of ether oxygens (including phenoxy) is 1. The van der Waals surface area contributed by atoms with E-state index in [1.807, 2.05) is 13.0 Å². The second-order valence-corrected chi connectivity index (χ2v) is 7.44. The molecule has 138 valence electrons. The smallest absolute Gasteiger partial charge is 0.269 e. The van der Waals surface area contributed by atoms with Gasteiger partial charge in [-0.25, -0.2) is 0 Å². The van der Waals surface area contributed by atoms with Crippen molar-refractivity contribution in [2.45, 2.75) is 39.7 Å². The van der Waals surface area contributed by atoms with Crippen LogP contribution in [-0.4, -0.2) is 17.4 Å². The topological polar surface area (TPSA) is 94.6 Å². The third-order valence-corrected chi connectivity index (χ3v) is 4.49. The molecule has 0 fully saturated rings. The molecule has 1 unspecified atom stereocenters. The molecule has 0 aliphatic heterocycles.